The van der Waals surface area contributed by atoms with E-state index < -0.39 is 15.9 Å². The molecular weight excluding hydrogens is 268 g/mol. The molecule has 1 aliphatic heterocycles. The Morgan fingerprint density at radius 3 is 2.79 bits per heavy atom. The predicted molar refractivity (Wildman–Crippen MR) is 67.7 cm³/mol. The molecule has 1 saturated heterocycles. The molecular formula is C12H16N2O4S. The summed E-state index contributed by atoms with van der Waals surface area (Å²) in [6.07, 6.45) is 2.83. The van der Waals surface area contributed by atoms with Crippen LogP contribution in [0.15, 0.2) is 29.4 Å². The molecule has 1 aromatic rings. The van der Waals surface area contributed by atoms with Crippen LogP contribution in [0.3, 0.4) is 0 Å². The Balaban J connectivity index is 2.23. The first kappa shape index (κ1) is 14.0. The number of esters is 1. The number of sulfonamides is 1. The van der Waals surface area contributed by atoms with E-state index in [0.717, 1.165) is 0 Å². The van der Waals surface area contributed by atoms with Crippen LogP contribution in [-0.4, -0.2) is 43.9 Å². The van der Waals surface area contributed by atoms with E-state index in [1.807, 2.05) is 6.92 Å². The van der Waals surface area contributed by atoms with Gasteiger partial charge in [-0.3, -0.25) is 9.78 Å². The van der Waals surface area contributed by atoms with Crippen molar-refractivity contribution in [2.45, 2.75) is 11.8 Å². The molecule has 0 amide bonds. The minimum Gasteiger partial charge on any atom is -0.469 e. The zero-order valence-electron chi connectivity index (χ0n) is 10.8. The van der Waals surface area contributed by atoms with Crippen LogP contribution in [0.2, 0.25) is 0 Å². The van der Waals surface area contributed by atoms with Gasteiger partial charge >= 0.3 is 5.97 Å². The number of carbonyl (C=O) groups is 1. The Morgan fingerprint density at radius 2 is 2.21 bits per heavy atom. The molecule has 0 aromatic carbocycles. The van der Waals surface area contributed by atoms with Crippen molar-refractivity contribution < 1.29 is 17.9 Å². The van der Waals surface area contributed by atoms with Gasteiger partial charge in [0.25, 0.3) is 0 Å². The van der Waals surface area contributed by atoms with Crippen molar-refractivity contribution in [2.75, 3.05) is 20.2 Å². The van der Waals surface area contributed by atoms with Crippen molar-refractivity contribution in [3.05, 3.63) is 24.5 Å². The first-order valence-electron chi connectivity index (χ1n) is 5.95. The second kappa shape index (κ2) is 5.26. The normalized spacial score (nSPS) is 24.3. The third kappa shape index (κ3) is 2.62. The summed E-state index contributed by atoms with van der Waals surface area (Å²) in [5.74, 6) is -0.827. The van der Waals surface area contributed by atoms with Gasteiger partial charge < -0.3 is 4.74 Å². The van der Waals surface area contributed by atoms with E-state index in [4.69, 9.17) is 4.74 Å². The molecule has 2 heterocycles. The highest BCUT2D eigenvalue weighted by Gasteiger charge is 2.41. The maximum absolute atomic E-state index is 12.4. The lowest BCUT2D eigenvalue weighted by molar-refractivity contribution is -0.145. The highest BCUT2D eigenvalue weighted by molar-refractivity contribution is 7.89. The van der Waals surface area contributed by atoms with Crippen molar-refractivity contribution in [3.8, 4) is 0 Å². The number of pyridine rings is 1. The van der Waals surface area contributed by atoms with Crippen LogP contribution in [0.4, 0.5) is 0 Å². The number of nitrogens with zero attached hydrogens (tertiary/aromatic N) is 2. The molecule has 1 aromatic heterocycles. The van der Waals surface area contributed by atoms with Gasteiger partial charge in [0.15, 0.2) is 0 Å². The number of hydrogen-bond donors (Lipinski definition) is 0. The van der Waals surface area contributed by atoms with Gasteiger partial charge in [-0.15, -0.1) is 0 Å². The van der Waals surface area contributed by atoms with Crippen LogP contribution >= 0.6 is 0 Å². The standard InChI is InChI=1S/C12H16N2O4S/c1-9-7-14(8-11(9)12(15)18-2)19(16,17)10-4-3-5-13-6-10/h3-6,9,11H,7-8H2,1-2H3. The molecule has 0 bridgehead atoms. The molecule has 104 valence electrons. The summed E-state index contributed by atoms with van der Waals surface area (Å²) < 4.78 is 30.8. The lowest BCUT2D eigenvalue weighted by Crippen LogP contribution is -2.30. The third-order valence-corrected chi connectivity index (χ3v) is 5.17. The van der Waals surface area contributed by atoms with E-state index in [2.05, 4.69) is 4.98 Å². The van der Waals surface area contributed by atoms with Gasteiger partial charge in [0.05, 0.1) is 13.0 Å². The molecule has 2 rings (SSSR count). The highest BCUT2D eigenvalue weighted by Crippen LogP contribution is 2.28. The first-order chi connectivity index (χ1) is 8.96. The minimum atomic E-state index is -3.58. The van der Waals surface area contributed by atoms with Crippen LogP contribution in [0.25, 0.3) is 0 Å². The van der Waals surface area contributed by atoms with Crippen LogP contribution in [0, 0.1) is 11.8 Å². The average Bonchev–Trinajstić information content (AvgIpc) is 2.81. The SMILES string of the molecule is COC(=O)C1CN(S(=O)(=O)c2cccnc2)CC1C. The summed E-state index contributed by atoms with van der Waals surface area (Å²) in [5, 5.41) is 0. The van der Waals surface area contributed by atoms with E-state index in [9.17, 15) is 13.2 Å². The third-order valence-electron chi connectivity index (χ3n) is 3.35. The van der Waals surface area contributed by atoms with Gasteiger partial charge in [0, 0.05) is 25.5 Å². The fourth-order valence-corrected chi connectivity index (χ4v) is 3.76. The monoisotopic (exact) mass is 284 g/mol. The molecule has 0 N–H and O–H groups in total. The lowest BCUT2D eigenvalue weighted by atomic mass is 9.99. The fraction of sp³-hybridized carbons (Fsp3) is 0.500. The van der Waals surface area contributed by atoms with Gasteiger partial charge in [0.2, 0.25) is 10.0 Å². The molecule has 0 radical (unpaired) electrons. The minimum absolute atomic E-state index is 0.0566. The van der Waals surface area contributed by atoms with Crippen LogP contribution < -0.4 is 0 Å². The smallest absolute Gasteiger partial charge is 0.310 e. The number of methoxy groups -OCH3 is 1. The number of ether oxygens (including phenoxy) is 1. The fourth-order valence-electron chi connectivity index (χ4n) is 2.23. The second-order valence-electron chi connectivity index (χ2n) is 4.62. The summed E-state index contributed by atoms with van der Waals surface area (Å²) in [7, 11) is -2.27. The van der Waals surface area contributed by atoms with Gasteiger partial charge in [-0.05, 0) is 18.1 Å². The van der Waals surface area contributed by atoms with Crippen molar-refractivity contribution in [2.24, 2.45) is 11.8 Å². The van der Waals surface area contributed by atoms with E-state index in [0.29, 0.717) is 6.54 Å². The zero-order valence-corrected chi connectivity index (χ0v) is 11.6. The molecule has 0 aliphatic carbocycles. The number of rotatable bonds is 3. The van der Waals surface area contributed by atoms with Crippen molar-refractivity contribution >= 4 is 16.0 Å². The molecule has 2 unspecified atom stereocenters. The van der Waals surface area contributed by atoms with Gasteiger partial charge in [-0.1, -0.05) is 6.92 Å². The summed E-state index contributed by atoms with van der Waals surface area (Å²) in [4.78, 5) is 15.5. The van der Waals surface area contributed by atoms with E-state index in [1.54, 1.807) is 6.07 Å². The van der Waals surface area contributed by atoms with Crippen molar-refractivity contribution in [3.63, 3.8) is 0 Å². The highest BCUT2D eigenvalue weighted by atomic mass is 32.2. The average molecular weight is 284 g/mol. The molecule has 0 spiro atoms. The Bertz CT molecular complexity index is 558. The summed E-state index contributed by atoms with van der Waals surface area (Å²) in [6.45, 7) is 2.32. The lowest BCUT2D eigenvalue weighted by Gasteiger charge is -2.15. The van der Waals surface area contributed by atoms with Crippen LogP contribution in [0.5, 0.6) is 0 Å². The number of aromatic nitrogens is 1. The maximum Gasteiger partial charge on any atom is 0.310 e. The van der Waals surface area contributed by atoms with Crippen LogP contribution in [-0.2, 0) is 19.6 Å². The Kier molecular flexibility index (Phi) is 3.86. The summed E-state index contributed by atoms with van der Waals surface area (Å²) in [6, 6.07) is 3.07. The molecule has 2 atom stereocenters. The molecule has 19 heavy (non-hydrogen) atoms. The second-order valence-corrected chi connectivity index (χ2v) is 6.56. The summed E-state index contributed by atoms with van der Waals surface area (Å²) >= 11 is 0. The number of carbonyl (C=O) groups excluding carboxylic acids is 1. The van der Waals surface area contributed by atoms with Gasteiger partial charge in [-0.25, -0.2) is 8.42 Å². The summed E-state index contributed by atoms with van der Waals surface area (Å²) in [5.41, 5.74) is 0. The Morgan fingerprint density at radius 1 is 1.47 bits per heavy atom. The Labute approximate surface area is 112 Å². The van der Waals surface area contributed by atoms with E-state index in [1.165, 1.54) is 29.9 Å². The predicted octanol–water partition coefficient (Wildman–Crippen LogP) is 0.511. The molecule has 6 nitrogen and oxygen atoms in total. The van der Waals surface area contributed by atoms with Gasteiger partial charge in [0.1, 0.15) is 4.90 Å². The van der Waals surface area contributed by atoms with Crippen molar-refractivity contribution in [1.82, 2.24) is 9.29 Å². The quantitative estimate of drug-likeness (QED) is 0.756. The molecule has 7 heteroatoms. The van der Waals surface area contributed by atoms with Gasteiger partial charge in [-0.2, -0.15) is 4.31 Å². The Hall–Kier alpha value is -1.47. The number of hydrogen-bond acceptors (Lipinski definition) is 5. The zero-order chi connectivity index (χ0) is 14.0. The topological polar surface area (TPSA) is 76.6 Å². The van der Waals surface area contributed by atoms with E-state index >= 15 is 0 Å². The molecule has 1 fully saturated rings. The van der Waals surface area contributed by atoms with Crippen molar-refractivity contribution in [1.29, 1.82) is 0 Å². The largest absolute Gasteiger partial charge is 0.469 e. The molecule has 1 aliphatic rings. The molecule has 0 saturated carbocycles. The van der Waals surface area contributed by atoms with Crippen LogP contribution in [0.1, 0.15) is 6.92 Å². The first-order valence-corrected chi connectivity index (χ1v) is 7.39. The maximum atomic E-state index is 12.4. The van der Waals surface area contributed by atoms with E-state index in [-0.39, 0.29) is 23.3 Å².